The first-order chi connectivity index (χ1) is 10.2. The average Bonchev–Trinajstić information content (AvgIpc) is 2.84. The molecule has 3 rings (SSSR count). The van der Waals surface area contributed by atoms with E-state index in [1.807, 2.05) is 13.1 Å². The first-order valence-electron chi connectivity index (χ1n) is 7.09. The van der Waals surface area contributed by atoms with E-state index in [-0.39, 0.29) is 0 Å². The number of anilines is 1. The van der Waals surface area contributed by atoms with Crippen molar-refractivity contribution in [2.24, 2.45) is 12.8 Å². The van der Waals surface area contributed by atoms with Crippen LogP contribution >= 0.6 is 0 Å². The molecule has 0 aliphatic heterocycles. The van der Waals surface area contributed by atoms with Crippen molar-refractivity contribution in [1.82, 2.24) is 9.55 Å². The van der Waals surface area contributed by atoms with Crippen molar-refractivity contribution < 1.29 is 0 Å². The molecule has 0 saturated carbocycles. The van der Waals surface area contributed by atoms with E-state index in [1.54, 1.807) is 0 Å². The second kappa shape index (κ2) is 5.58. The minimum Gasteiger partial charge on any atom is -0.370 e. The second-order valence-corrected chi connectivity index (χ2v) is 5.31. The standard InChI is InChI=1S/C17H20N4/c1-20(12-13-6-4-3-5-7-13)14-8-9-16-15(10-14)19-17(11-18)21(16)2/h3-10H,11-12,18H2,1-2H3. The van der Waals surface area contributed by atoms with Gasteiger partial charge >= 0.3 is 0 Å². The minimum atomic E-state index is 0.459. The molecular formula is C17H20N4. The molecular weight excluding hydrogens is 260 g/mol. The molecule has 0 amide bonds. The summed E-state index contributed by atoms with van der Waals surface area (Å²) >= 11 is 0. The molecule has 4 heteroatoms. The molecule has 0 aliphatic carbocycles. The molecule has 0 spiro atoms. The van der Waals surface area contributed by atoms with Crippen LogP contribution < -0.4 is 10.6 Å². The Labute approximate surface area is 124 Å². The van der Waals surface area contributed by atoms with Gasteiger partial charge in [0.05, 0.1) is 17.6 Å². The van der Waals surface area contributed by atoms with Gasteiger partial charge in [0.25, 0.3) is 0 Å². The van der Waals surface area contributed by atoms with Crippen LogP contribution in [0.3, 0.4) is 0 Å². The molecule has 4 nitrogen and oxygen atoms in total. The largest absolute Gasteiger partial charge is 0.370 e. The predicted molar refractivity (Wildman–Crippen MR) is 87.2 cm³/mol. The Balaban J connectivity index is 1.90. The molecule has 0 atom stereocenters. The van der Waals surface area contributed by atoms with Gasteiger partial charge in [0.1, 0.15) is 5.82 Å². The Hall–Kier alpha value is -2.33. The molecule has 2 N–H and O–H groups in total. The molecule has 0 radical (unpaired) electrons. The number of nitrogens with two attached hydrogens (primary N) is 1. The number of aromatic nitrogens is 2. The number of hydrogen-bond donors (Lipinski definition) is 1. The Morgan fingerprint density at radius 2 is 1.90 bits per heavy atom. The fourth-order valence-electron chi connectivity index (χ4n) is 2.61. The van der Waals surface area contributed by atoms with Crippen LogP contribution in [0, 0.1) is 0 Å². The fraction of sp³-hybridized carbons (Fsp3) is 0.235. The first kappa shape index (κ1) is 13.6. The highest BCUT2D eigenvalue weighted by Crippen LogP contribution is 2.22. The van der Waals surface area contributed by atoms with Crippen LogP contribution in [-0.2, 0) is 20.1 Å². The number of fused-ring (bicyclic) bond motifs is 1. The Bertz CT molecular complexity index is 746. The van der Waals surface area contributed by atoms with Crippen LogP contribution in [-0.4, -0.2) is 16.6 Å². The van der Waals surface area contributed by atoms with E-state index in [1.165, 1.54) is 5.56 Å². The number of benzene rings is 2. The lowest BCUT2D eigenvalue weighted by atomic mass is 10.2. The van der Waals surface area contributed by atoms with Crippen molar-refractivity contribution in [2.45, 2.75) is 13.1 Å². The van der Waals surface area contributed by atoms with E-state index in [4.69, 9.17) is 5.73 Å². The molecule has 0 fully saturated rings. The lowest BCUT2D eigenvalue weighted by Crippen LogP contribution is -2.16. The van der Waals surface area contributed by atoms with Gasteiger partial charge < -0.3 is 15.2 Å². The summed E-state index contributed by atoms with van der Waals surface area (Å²) in [4.78, 5) is 6.82. The van der Waals surface area contributed by atoms with Crippen LogP contribution in [0.25, 0.3) is 11.0 Å². The predicted octanol–water partition coefficient (Wildman–Crippen LogP) is 2.67. The highest BCUT2D eigenvalue weighted by atomic mass is 15.1. The summed E-state index contributed by atoms with van der Waals surface area (Å²) in [5, 5.41) is 0. The SMILES string of the molecule is CN(Cc1ccccc1)c1ccc2c(c1)nc(CN)n2C. The molecule has 108 valence electrons. The van der Waals surface area contributed by atoms with Crippen LogP contribution in [0.1, 0.15) is 11.4 Å². The summed E-state index contributed by atoms with van der Waals surface area (Å²) in [5.41, 5.74) is 10.3. The van der Waals surface area contributed by atoms with E-state index >= 15 is 0 Å². The van der Waals surface area contributed by atoms with E-state index in [2.05, 4.69) is 64.0 Å². The third-order valence-corrected chi connectivity index (χ3v) is 3.84. The lowest BCUT2D eigenvalue weighted by Gasteiger charge is -2.19. The van der Waals surface area contributed by atoms with E-state index in [0.29, 0.717) is 6.54 Å². The maximum Gasteiger partial charge on any atom is 0.123 e. The van der Waals surface area contributed by atoms with Crippen molar-refractivity contribution in [3.63, 3.8) is 0 Å². The number of nitrogens with zero attached hydrogens (tertiary/aromatic N) is 3. The zero-order valence-electron chi connectivity index (χ0n) is 12.5. The first-order valence-corrected chi connectivity index (χ1v) is 7.09. The number of imidazole rings is 1. The summed E-state index contributed by atoms with van der Waals surface area (Å²) in [6.45, 7) is 1.34. The molecule has 0 unspecified atom stereocenters. The Kier molecular flexibility index (Phi) is 3.62. The van der Waals surface area contributed by atoms with E-state index in [9.17, 15) is 0 Å². The molecule has 0 aliphatic rings. The van der Waals surface area contributed by atoms with Crippen molar-refractivity contribution in [2.75, 3.05) is 11.9 Å². The van der Waals surface area contributed by atoms with Crippen molar-refractivity contribution in [1.29, 1.82) is 0 Å². The summed E-state index contributed by atoms with van der Waals surface area (Å²) < 4.78 is 2.05. The zero-order valence-corrected chi connectivity index (χ0v) is 12.5. The zero-order chi connectivity index (χ0) is 14.8. The molecule has 2 aromatic carbocycles. The minimum absolute atomic E-state index is 0.459. The molecule has 1 aromatic heterocycles. The molecule has 0 saturated heterocycles. The van der Waals surface area contributed by atoms with Gasteiger partial charge in [-0.2, -0.15) is 0 Å². The molecule has 0 bridgehead atoms. The normalized spacial score (nSPS) is 11.0. The number of hydrogen-bond acceptors (Lipinski definition) is 3. The maximum atomic E-state index is 5.72. The van der Waals surface area contributed by atoms with E-state index < -0.39 is 0 Å². The monoisotopic (exact) mass is 280 g/mol. The molecule has 3 aromatic rings. The number of aryl methyl sites for hydroxylation is 1. The molecule has 21 heavy (non-hydrogen) atoms. The topological polar surface area (TPSA) is 47.1 Å². The molecule has 1 heterocycles. The van der Waals surface area contributed by atoms with Crippen molar-refractivity contribution in [3.8, 4) is 0 Å². The van der Waals surface area contributed by atoms with Crippen LogP contribution in [0.2, 0.25) is 0 Å². The maximum absolute atomic E-state index is 5.72. The number of rotatable bonds is 4. The summed E-state index contributed by atoms with van der Waals surface area (Å²) in [7, 11) is 4.10. The quantitative estimate of drug-likeness (QED) is 0.799. The van der Waals surface area contributed by atoms with Crippen molar-refractivity contribution in [3.05, 3.63) is 59.9 Å². The van der Waals surface area contributed by atoms with E-state index in [0.717, 1.165) is 29.1 Å². The Morgan fingerprint density at radius 1 is 1.14 bits per heavy atom. The summed E-state index contributed by atoms with van der Waals surface area (Å²) in [6, 6.07) is 16.8. The van der Waals surface area contributed by atoms with Gasteiger partial charge in [0.2, 0.25) is 0 Å². The van der Waals surface area contributed by atoms with Gasteiger partial charge in [-0.3, -0.25) is 0 Å². The van der Waals surface area contributed by atoms with Gasteiger partial charge in [-0.25, -0.2) is 4.98 Å². The van der Waals surface area contributed by atoms with Crippen LogP contribution in [0.4, 0.5) is 5.69 Å². The second-order valence-electron chi connectivity index (χ2n) is 5.31. The Morgan fingerprint density at radius 3 is 2.62 bits per heavy atom. The highest BCUT2D eigenvalue weighted by Gasteiger charge is 2.09. The van der Waals surface area contributed by atoms with Gasteiger partial charge in [-0.05, 0) is 23.8 Å². The van der Waals surface area contributed by atoms with Gasteiger partial charge in [-0.1, -0.05) is 30.3 Å². The highest BCUT2D eigenvalue weighted by molar-refractivity contribution is 5.80. The third-order valence-electron chi connectivity index (χ3n) is 3.84. The van der Waals surface area contributed by atoms with Crippen LogP contribution in [0.5, 0.6) is 0 Å². The van der Waals surface area contributed by atoms with Gasteiger partial charge in [0, 0.05) is 26.3 Å². The van der Waals surface area contributed by atoms with Crippen molar-refractivity contribution >= 4 is 16.7 Å². The summed E-state index contributed by atoms with van der Waals surface area (Å²) in [5.74, 6) is 0.910. The smallest absolute Gasteiger partial charge is 0.123 e. The average molecular weight is 280 g/mol. The summed E-state index contributed by atoms with van der Waals surface area (Å²) in [6.07, 6.45) is 0. The van der Waals surface area contributed by atoms with Crippen LogP contribution in [0.15, 0.2) is 48.5 Å². The third kappa shape index (κ3) is 2.62. The van der Waals surface area contributed by atoms with Gasteiger partial charge in [-0.15, -0.1) is 0 Å². The van der Waals surface area contributed by atoms with Gasteiger partial charge in [0.15, 0.2) is 0 Å². The lowest BCUT2D eigenvalue weighted by molar-refractivity contribution is 0.813. The fourth-order valence-corrected chi connectivity index (χ4v) is 2.61.